The maximum absolute atomic E-state index is 12.9. The summed E-state index contributed by atoms with van der Waals surface area (Å²) in [5, 5.41) is 7.83. The van der Waals surface area contributed by atoms with Crippen molar-refractivity contribution in [2.24, 2.45) is 0 Å². The molecule has 9 heteroatoms. The van der Waals surface area contributed by atoms with Crippen LogP contribution in [-0.4, -0.2) is 37.9 Å². The SMILES string of the molecule is O=C(Nc1cccc(C(=O)Nc2ccc(F)cc2)c1)N[C@@H]1CCS(=O)(=O)C1. The van der Waals surface area contributed by atoms with Gasteiger partial charge in [0.2, 0.25) is 0 Å². The standard InChI is InChI=1S/C18H18FN3O4S/c19-13-4-6-14(7-5-13)20-17(23)12-2-1-3-15(10-12)21-18(24)22-16-8-9-27(25,26)11-16/h1-7,10,16H,8-9,11H2,(H,20,23)(H2,21,22,24)/t16-/m1/s1. The fourth-order valence-electron chi connectivity index (χ4n) is 2.74. The highest BCUT2D eigenvalue weighted by molar-refractivity contribution is 7.91. The molecule has 2 aromatic carbocycles. The van der Waals surface area contributed by atoms with E-state index in [9.17, 15) is 22.4 Å². The van der Waals surface area contributed by atoms with Crippen molar-refractivity contribution in [3.05, 3.63) is 59.9 Å². The second kappa shape index (κ2) is 7.75. The summed E-state index contributed by atoms with van der Waals surface area (Å²) in [7, 11) is -3.08. The lowest BCUT2D eigenvalue weighted by atomic mass is 10.2. The molecule has 1 aliphatic heterocycles. The van der Waals surface area contributed by atoms with Gasteiger partial charge in [0.1, 0.15) is 5.82 Å². The van der Waals surface area contributed by atoms with Crippen molar-refractivity contribution in [2.75, 3.05) is 22.1 Å². The maximum atomic E-state index is 12.9. The number of urea groups is 1. The van der Waals surface area contributed by atoms with Gasteiger partial charge in [0.05, 0.1) is 11.5 Å². The second-order valence-electron chi connectivity index (χ2n) is 6.24. The van der Waals surface area contributed by atoms with E-state index in [1.807, 2.05) is 0 Å². The molecule has 0 radical (unpaired) electrons. The van der Waals surface area contributed by atoms with Gasteiger partial charge in [-0.15, -0.1) is 0 Å². The summed E-state index contributed by atoms with van der Waals surface area (Å²) < 4.78 is 35.8. The summed E-state index contributed by atoms with van der Waals surface area (Å²) in [6, 6.07) is 10.7. The van der Waals surface area contributed by atoms with E-state index in [4.69, 9.17) is 0 Å². The van der Waals surface area contributed by atoms with E-state index in [0.717, 1.165) is 0 Å². The van der Waals surface area contributed by atoms with Crippen LogP contribution in [0.5, 0.6) is 0 Å². The van der Waals surface area contributed by atoms with E-state index < -0.39 is 33.6 Å². The first-order valence-corrected chi connectivity index (χ1v) is 10.1. The molecule has 1 saturated heterocycles. The summed E-state index contributed by atoms with van der Waals surface area (Å²) in [4.78, 5) is 24.3. The molecule has 0 saturated carbocycles. The molecule has 3 rings (SSSR count). The van der Waals surface area contributed by atoms with Gasteiger partial charge in [-0.3, -0.25) is 4.79 Å². The van der Waals surface area contributed by atoms with E-state index in [-0.39, 0.29) is 11.5 Å². The van der Waals surface area contributed by atoms with E-state index in [1.54, 1.807) is 18.2 Å². The summed E-state index contributed by atoms with van der Waals surface area (Å²) in [6.45, 7) is 0. The van der Waals surface area contributed by atoms with Gasteiger partial charge in [-0.1, -0.05) is 6.07 Å². The van der Waals surface area contributed by atoms with Gasteiger partial charge in [0, 0.05) is 23.0 Å². The fourth-order valence-corrected chi connectivity index (χ4v) is 4.41. The lowest BCUT2D eigenvalue weighted by Crippen LogP contribution is -2.38. The molecule has 0 spiro atoms. The van der Waals surface area contributed by atoms with Crippen LogP contribution in [0.3, 0.4) is 0 Å². The van der Waals surface area contributed by atoms with E-state index >= 15 is 0 Å². The summed E-state index contributed by atoms with van der Waals surface area (Å²) >= 11 is 0. The molecule has 27 heavy (non-hydrogen) atoms. The topological polar surface area (TPSA) is 104 Å². The second-order valence-corrected chi connectivity index (χ2v) is 8.47. The lowest BCUT2D eigenvalue weighted by molar-refractivity contribution is 0.102. The first kappa shape index (κ1) is 18.8. The van der Waals surface area contributed by atoms with Crippen LogP contribution < -0.4 is 16.0 Å². The number of nitrogens with one attached hydrogen (secondary N) is 3. The van der Waals surface area contributed by atoms with Gasteiger partial charge in [0.15, 0.2) is 9.84 Å². The predicted molar refractivity (Wildman–Crippen MR) is 100 cm³/mol. The Morgan fingerprint density at radius 3 is 2.41 bits per heavy atom. The normalized spacial score (nSPS) is 17.9. The minimum absolute atomic E-state index is 0.0665. The fraction of sp³-hybridized carbons (Fsp3) is 0.222. The molecule has 0 aromatic heterocycles. The highest BCUT2D eigenvalue weighted by Gasteiger charge is 2.28. The van der Waals surface area contributed by atoms with Crippen LogP contribution in [0.25, 0.3) is 0 Å². The van der Waals surface area contributed by atoms with Gasteiger partial charge >= 0.3 is 6.03 Å². The lowest BCUT2D eigenvalue weighted by Gasteiger charge is -2.13. The first-order chi connectivity index (χ1) is 12.8. The number of halogens is 1. The third kappa shape index (κ3) is 5.27. The number of benzene rings is 2. The number of carbonyl (C=O) groups is 2. The Bertz CT molecular complexity index is 961. The minimum atomic E-state index is -3.08. The van der Waals surface area contributed by atoms with E-state index in [0.29, 0.717) is 23.4 Å². The summed E-state index contributed by atoms with van der Waals surface area (Å²) in [5.41, 5.74) is 1.14. The molecule has 1 aliphatic rings. The number of rotatable bonds is 4. The highest BCUT2D eigenvalue weighted by atomic mass is 32.2. The number of hydrogen-bond acceptors (Lipinski definition) is 4. The largest absolute Gasteiger partial charge is 0.334 e. The van der Waals surface area contributed by atoms with Crippen molar-refractivity contribution >= 4 is 33.2 Å². The average molecular weight is 391 g/mol. The Morgan fingerprint density at radius 1 is 1.00 bits per heavy atom. The van der Waals surface area contributed by atoms with Gasteiger partial charge in [-0.25, -0.2) is 17.6 Å². The molecule has 0 aliphatic carbocycles. The quantitative estimate of drug-likeness (QED) is 0.744. The third-order valence-corrected chi connectivity index (χ3v) is 5.82. The summed E-state index contributed by atoms with van der Waals surface area (Å²) in [6.07, 6.45) is 0.385. The van der Waals surface area contributed by atoms with Crippen LogP contribution >= 0.6 is 0 Å². The molecule has 7 nitrogen and oxygen atoms in total. The Morgan fingerprint density at radius 2 is 1.74 bits per heavy atom. The Balaban J connectivity index is 1.60. The number of sulfone groups is 1. The van der Waals surface area contributed by atoms with Gasteiger partial charge in [-0.2, -0.15) is 0 Å². The number of anilines is 2. The van der Waals surface area contributed by atoms with Crippen molar-refractivity contribution < 1.29 is 22.4 Å². The van der Waals surface area contributed by atoms with E-state index in [2.05, 4.69) is 16.0 Å². The van der Waals surface area contributed by atoms with E-state index in [1.165, 1.54) is 30.3 Å². The monoisotopic (exact) mass is 391 g/mol. The van der Waals surface area contributed by atoms with Crippen LogP contribution in [0.1, 0.15) is 16.8 Å². The highest BCUT2D eigenvalue weighted by Crippen LogP contribution is 2.15. The zero-order valence-corrected chi connectivity index (χ0v) is 15.1. The molecule has 0 bridgehead atoms. The third-order valence-electron chi connectivity index (χ3n) is 4.05. The maximum Gasteiger partial charge on any atom is 0.319 e. The molecule has 3 amide bonds. The van der Waals surface area contributed by atoms with Gasteiger partial charge < -0.3 is 16.0 Å². The molecular weight excluding hydrogens is 373 g/mol. The van der Waals surface area contributed by atoms with Crippen molar-refractivity contribution in [2.45, 2.75) is 12.5 Å². The first-order valence-electron chi connectivity index (χ1n) is 8.26. The van der Waals surface area contributed by atoms with Crippen molar-refractivity contribution in [3.8, 4) is 0 Å². The number of amides is 3. The van der Waals surface area contributed by atoms with Crippen LogP contribution in [0, 0.1) is 5.82 Å². The molecule has 3 N–H and O–H groups in total. The van der Waals surface area contributed by atoms with Crippen LogP contribution in [0.4, 0.5) is 20.6 Å². The molecule has 1 fully saturated rings. The Labute approximate surface area is 155 Å². The predicted octanol–water partition coefficient (Wildman–Crippen LogP) is 2.39. The van der Waals surface area contributed by atoms with Crippen LogP contribution in [0.2, 0.25) is 0 Å². The van der Waals surface area contributed by atoms with Crippen LogP contribution in [-0.2, 0) is 9.84 Å². The molecule has 0 unspecified atom stereocenters. The van der Waals surface area contributed by atoms with Gasteiger partial charge in [0.25, 0.3) is 5.91 Å². The van der Waals surface area contributed by atoms with Crippen molar-refractivity contribution in [1.82, 2.24) is 5.32 Å². The molecule has 142 valence electrons. The van der Waals surface area contributed by atoms with Gasteiger partial charge in [-0.05, 0) is 48.9 Å². The Hall–Kier alpha value is -2.94. The van der Waals surface area contributed by atoms with Crippen LogP contribution in [0.15, 0.2) is 48.5 Å². The molecule has 1 atom stereocenters. The minimum Gasteiger partial charge on any atom is -0.334 e. The molecule has 1 heterocycles. The zero-order chi connectivity index (χ0) is 19.4. The molecule has 2 aromatic rings. The Kier molecular flexibility index (Phi) is 5.41. The zero-order valence-electron chi connectivity index (χ0n) is 14.2. The summed E-state index contributed by atoms with van der Waals surface area (Å²) in [5.74, 6) is -0.815. The average Bonchev–Trinajstić information content (AvgIpc) is 2.95. The van der Waals surface area contributed by atoms with Crippen molar-refractivity contribution in [3.63, 3.8) is 0 Å². The number of hydrogen-bond donors (Lipinski definition) is 3. The number of carbonyl (C=O) groups excluding carboxylic acids is 2. The molecular formula is C18H18FN3O4S. The van der Waals surface area contributed by atoms with Crippen molar-refractivity contribution in [1.29, 1.82) is 0 Å². The smallest absolute Gasteiger partial charge is 0.319 e.